The summed E-state index contributed by atoms with van der Waals surface area (Å²) in [5.41, 5.74) is 3.94. The number of carbonyl (C=O) groups is 1. The highest BCUT2D eigenvalue weighted by Crippen LogP contribution is 2.25. The van der Waals surface area contributed by atoms with Crippen LogP contribution in [0.2, 0.25) is 10.0 Å². The number of benzene rings is 2. The molecular formula is C25H26Cl2N2O3. The number of aromatic nitrogens is 1. The Balaban J connectivity index is 1.85. The van der Waals surface area contributed by atoms with Crippen molar-refractivity contribution in [1.82, 2.24) is 9.47 Å². The number of nitrogens with zero attached hydrogens (tertiary/aromatic N) is 2. The molecular weight excluding hydrogens is 447 g/mol. The van der Waals surface area contributed by atoms with Gasteiger partial charge in [-0.05, 0) is 56.6 Å². The van der Waals surface area contributed by atoms with Gasteiger partial charge in [0.25, 0.3) is 5.56 Å². The SMILES string of the molecule is Cc1cccc(C(C)N(C)Cc2c(Cl)cc(Cl)c(=O)n2CCc2ccc(C(=O)O)cc2)c1. The van der Waals surface area contributed by atoms with Crippen LogP contribution in [-0.2, 0) is 19.5 Å². The van der Waals surface area contributed by atoms with Crippen molar-refractivity contribution in [1.29, 1.82) is 0 Å². The smallest absolute Gasteiger partial charge is 0.335 e. The fourth-order valence-corrected chi connectivity index (χ4v) is 4.18. The highest BCUT2D eigenvalue weighted by molar-refractivity contribution is 6.34. The predicted molar refractivity (Wildman–Crippen MR) is 129 cm³/mol. The molecule has 1 aromatic heterocycles. The molecule has 0 spiro atoms. The van der Waals surface area contributed by atoms with Gasteiger partial charge >= 0.3 is 5.97 Å². The van der Waals surface area contributed by atoms with Crippen LogP contribution in [0.3, 0.4) is 0 Å². The van der Waals surface area contributed by atoms with Gasteiger partial charge in [-0.1, -0.05) is 65.2 Å². The van der Waals surface area contributed by atoms with E-state index in [2.05, 4.69) is 36.9 Å². The van der Waals surface area contributed by atoms with E-state index in [1.54, 1.807) is 28.8 Å². The first-order chi connectivity index (χ1) is 15.2. The Labute approximate surface area is 197 Å². The maximum absolute atomic E-state index is 12.8. The highest BCUT2D eigenvalue weighted by atomic mass is 35.5. The molecule has 0 aliphatic carbocycles. The Morgan fingerprint density at radius 2 is 1.78 bits per heavy atom. The molecule has 0 bridgehead atoms. The molecule has 5 nitrogen and oxygen atoms in total. The molecule has 3 aromatic rings. The number of carboxylic acid groups (broad SMARTS) is 1. The molecule has 0 aliphatic heterocycles. The van der Waals surface area contributed by atoms with E-state index in [1.807, 2.05) is 13.1 Å². The monoisotopic (exact) mass is 472 g/mol. The van der Waals surface area contributed by atoms with Crippen LogP contribution in [0.25, 0.3) is 0 Å². The summed E-state index contributed by atoms with van der Waals surface area (Å²) in [5, 5.41) is 9.59. The number of hydrogen-bond donors (Lipinski definition) is 1. The normalized spacial score (nSPS) is 12.2. The van der Waals surface area contributed by atoms with Crippen molar-refractivity contribution in [3.05, 3.63) is 103 Å². The second kappa shape index (κ2) is 10.3. The first kappa shape index (κ1) is 24.1. The van der Waals surface area contributed by atoms with Crippen LogP contribution in [0.1, 0.15) is 45.7 Å². The fraction of sp³-hybridized carbons (Fsp3) is 0.280. The van der Waals surface area contributed by atoms with Gasteiger partial charge in [0, 0.05) is 19.1 Å². The van der Waals surface area contributed by atoms with E-state index in [9.17, 15) is 9.59 Å². The number of pyridine rings is 1. The molecule has 32 heavy (non-hydrogen) atoms. The van der Waals surface area contributed by atoms with Crippen LogP contribution in [0.15, 0.2) is 59.4 Å². The van der Waals surface area contributed by atoms with Crippen molar-refractivity contribution in [2.75, 3.05) is 7.05 Å². The van der Waals surface area contributed by atoms with Gasteiger partial charge in [-0.15, -0.1) is 0 Å². The summed E-state index contributed by atoms with van der Waals surface area (Å²) >= 11 is 12.7. The molecule has 3 rings (SSSR count). The summed E-state index contributed by atoms with van der Waals surface area (Å²) in [4.78, 5) is 26.0. The number of halogens is 2. The predicted octanol–water partition coefficient (Wildman–Crippen LogP) is 5.60. The van der Waals surface area contributed by atoms with Crippen LogP contribution in [-0.4, -0.2) is 27.6 Å². The Kier molecular flexibility index (Phi) is 7.77. The largest absolute Gasteiger partial charge is 0.478 e. The van der Waals surface area contributed by atoms with Gasteiger partial charge in [0.1, 0.15) is 5.02 Å². The van der Waals surface area contributed by atoms with E-state index in [0.717, 1.165) is 5.56 Å². The second-order valence-electron chi connectivity index (χ2n) is 8.00. The van der Waals surface area contributed by atoms with Crippen LogP contribution in [0, 0.1) is 6.92 Å². The van der Waals surface area contributed by atoms with Crippen LogP contribution >= 0.6 is 23.2 Å². The molecule has 1 atom stereocenters. The van der Waals surface area contributed by atoms with Gasteiger partial charge in [-0.3, -0.25) is 9.69 Å². The second-order valence-corrected chi connectivity index (χ2v) is 8.82. The lowest BCUT2D eigenvalue weighted by Crippen LogP contribution is -2.30. The Morgan fingerprint density at radius 1 is 1.09 bits per heavy atom. The first-order valence-corrected chi connectivity index (χ1v) is 11.1. The lowest BCUT2D eigenvalue weighted by molar-refractivity contribution is 0.0697. The van der Waals surface area contributed by atoms with Gasteiger partial charge in [-0.25, -0.2) is 4.79 Å². The van der Waals surface area contributed by atoms with Crippen LogP contribution in [0.5, 0.6) is 0 Å². The number of hydrogen-bond acceptors (Lipinski definition) is 3. The summed E-state index contributed by atoms with van der Waals surface area (Å²) in [6.45, 7) is 5.03. The molecule has 0 radical (unpaired) electrons. The molecule has 168 valence electrons. The summed E-state index contributed by atoms with van der Waals surface area (Å²) in [6.07, 6.45) is 0.542. The zero-order chi connectivity index (χ0) is 23.4. The maximum Gasteiger partial charge on any atom is 0.335 e. The molecule has 0 saturated heterocycles. The van der Waals surface area contributed by atoms with E-state index >= 15 is 0 Å². The maximum atomic E-state index is 12.8. The van der Waals surface area contributed by atoms with E-state index in [4.69, 9.17) is 28.3 Å². The third-order valence-electron chi connectivity index (χ3n) is 5.71. The Morgan fingerprint density at radius 3 is 2.41 bits per heavy atom. The van der Waals surface area contributed by atoms with Crippen molar-refractivity contribution in [2.45, 2.75) is 39.4 Å². The number of aryl methyl sites for hydroxylation is 2. The Bertz CT molecular complexity index is 1170. The van der Waals surface area contributed by atoms with Crippen molar-refractivity contribution in [3.8, 4) is 0 Å². The third kappa shape index (κ3) is 5.60. The molecule has 0 amide bonds. The lowest BCUT2D eigenvalue weighted by Gasteiger charge is -2.27. The standard InChI is InChI=1S/C25H26Cl2N2O3/c1-16-5-4-6-20(13-16)17(2)28(3)15-23-21(26)14-22(27)24(30)29(23)12-11-18-7-9-19(10-8-18)25(31)32/h4-10,13-14,17H,11-12,15H2,1-3H3,(H,31,32). The van der Waals surface area contributed by atoms with Gasteiger partial charge in [0.05, 0.1) is 16.3 Å². The van der Waals surface area contributed by atoms with Gasteiger partial charge < -0.3 is 9.67 Å². The minimum atomic E-state index is -0.970. The van der Waals surface area contributed by atoms with E-state index in [1.165, 1.54) is 17.2 Å². The fourth-order valence-electron chi connectivity index (χ4n) is 3.65. The highest BCUT2D eigenvalue weighted by Gasteiger charge is 2.18. The van der Waals surface area contributed by atoms with Crippen molar-refractivity contribution in [2.24, 2.45) is 0 Å². The van der Waals surface area contributed by atoms with Crippen molar-refractivity contribution < 1.29 is 9.90 Å². The molecule has 0 saturated carbocycles. The quantitative estimate of drug-likeness (QED) is 0.463. The zero-order valence-corrected chi connectivity index (χ0v) is 19.8. The molecule has 1 heterocycles. The number of carboxylic acids is 1. The van der Waals surface area contributed by atoms with E-state index in [0.29, 0.717) is 30.2 Å². The first-order valence-electron chi connectivity index (χ1n) is 10.3. The molecule has 1 unspecified atom stereocenters. The summed E-state index contributed by atoms with van der Waals surface area (Å²) in [7, 11) is 2.00. The molecule has 0 aliphatic rings. The molecule has 1 N–H and O–H groups in total. The van der Waals surface area contributed by atoms with E-state index in [-0.39, 0.29) is 22.2 Å². The molecule has 7 heteroatoms. The van der Waals surface area contributed by atoms with Crippen LogP contribution < -0.4 is 5.56 Å². The van der Waals surface area contributed by atoms with Crippen molar-refractivity contribution >= 4 is 29.2 Å². The Hall–Kier alpha value is -2.60. The molecule has 2 aromatic carbocycles. The van der Waals surface area contributed by atoms with Gasteiger partial charge in [0.2, 0.25) is 0 Å². The van der Waals surface area contributed by atoms with E-state index < -0.39 is 5.97 Å². The van der Waals surface area contributed by atoms with Crippen LogP contribution in [0.4, 0.5) is 0 Å². The average Bonchev–Trinajstić information content (AvgIpc) is 2.76. The summed E-state index contributed by atoms with van der Waals surface area (Å²) < 4.78 is 1.62. The van der Waals surface area contributed by atoms with Gasteiger partial charge in [0.15, 0.2) is 0 Å². The summed E-state index contributed by atoms with van der Waals surface area (Å²) in [6, 6.07) is 16.6. The molecule has 0 fully saturated rings. The number of aromatic carboxylic acids is 1. The van der Waals surface area contributed by atoms with Gasteiger partial charge in [-0.2, -0.15) is 0 Å². The zero-order valence-electron chi connectivity index (χ0n) is 18.3. The minimum absolute atomic E-state index is 0.0781. The summed E-state index contributed by atoms with van der Waals surface area (Å²) in [5.74, 6) is -0.970. The minimum Gasteiger partial charge on any atom is -0.478 e. The lowest BCUT2D eigenvalue weighted by atomic mass is 10.0. The number of rotatable bonds is 8. The third-order valence-corrected chi connectivity index (χ3v) is 6.31. The van der Waals surface area contributed by atoms with Crippen molar-refractivity contribution in [3.63, 3.8) is 0 Å². The average molecular weight is 473 g/mol. The topological polar surface area (TPSA) is 62.5 Å².